The van der Waals surface area contributed by atoms with Gasteiger partial charge < -0.3 is 34.6 Å². The van der Waals surface area contributed by atoms with Gasteiger partial charge in [-0.1, -0.05) is 26.8 Å². The van der Waals surface area contributed by atoms with Crippen LogP contribution < -0.4 is 0 Å². The van der Waals surface area contributed by atoms with Crippen molar-refractivity contribution in [2.24, 2.45) is 16.7 Å². The van der Waals surface area contributed by atoms with Crippen LogP contribution in [0, 0.1) is 16.7 Å². The van der Waals surface area contributed by atoms with E-state index in [-0.39, 0.29) is 12.8 Å². The fraction of sp³-hybridized carbons (Fsp3) is 0.867. The van der Waals surface area contributed by atoms with Crippen LogP contribution in [0.25, 0.3) is 0 Å². The predicted molar refractivity (Wildman–Crippen MR) is 147 cm³/mol. The van der Waals surface area contributed by atoms with Crippen molar-refractivity contribution in [3.8, 4) is 0 Å². The lowest BCUT2D eigenvalue weighted by atomic mass is 9.40. The standard InChI is InChI=1S/C30H50N2O7/c1-8-27(4)19-21(34)30(37)28(5)20(33)12-13-26(2,3)24(28)23(36)25(29(30,6)39-27)38-22(35)11-9-10-14-32-17-15-31(7)16-18-32/h8,20,23-25,33,36-37H,1,9-19H2,2-7H3. The van der Waals surface area contributed by atoms with Gasteiger partial charge in [0.2, 0.25) is 0 Å². The van der Waals surface area contributed by atoms with Crippen molar-refractivity contribution in [3.05, 3.63) is 12.7 Å². The maximum atomic E-state index is 13.9. The number of aliphatic hydroxyl groups is 3. The van der Waals surface area contributed by atoms with E-state index in [9.17, 15) is 24.9 Å². The lowest BCUT2D eigenvalue weighted by Crippen LogP contribution is -2.86. The first-order valence-corrected chi connectivity index (χ1v) is 14.6. The van der Waals surface area contributed by atoms with Crippen LogP contribution in [0.4, 0.5) is 0 Å². The molecule has 9 heteroatoms. The number of nitrogens with zero attached hydrogens (tertiary/aromatic N) is 2. The summed E-state index contributed by atoms with van der Waals surface area (Å²) >= 11 is 0. The Kier molecular flexibility index (Phi) is 8.22. The second-order valence-corrected chi connectivity index (χ2v) is 13.8. The molecule has 39 heavy (non-hydrogen) atoms. The van der Waals surface area contributed by atoms with Crippen LogP contribution >= 0.6 is 0 Å². The number of aliphatic hydroxyl groups excluding tert-OH is 2. The molecule has 0 radical (unpaired) electrons. The van der Waals surface area contributed by atoms with E-state index in [1.54, 1.807) is 13.8 Å². The molecule has 0 amide bonds. The quantitative estimate of drug-likeness (QED) is 0.248. The summed E-state index contributed by atoms with van der Waals surface area (Å²) in [5, 5.41) is 35.8. The van der Waals surface area contributed by atoms with Crippen LogP contribution in [0.5, 0.6) is 0 Å². The van der Waals surface area contributed by atoms with E-state index in [0.29, 0.717) is 19.3 Å². The number of ether oxygens (including phenoxy) is 2. The molecule has 2 saturated carbocycles. The van der Waals surface area contributed by atoms with Gasteiger partial charge in [-0.25, -0.2) is 0 Å². The summed E-state index contributed by atoms with van der Waals surface area (Å²) in [6.07, 6.45) is 0.336. The highest BCUT2D eigenvalue weighted by Crippen LogP contribution is 2.67. The molecule has 222 valence electrons. The molecule has 3 N–H and O–H groups in total. The molecule has 2 aliphatic carbocycles. The Bertz CT molecular complexity index is 965. The lowest BCUT2D eigenvalue weighted by Gasteiger charge is -2.71. The number of carbonyl (C=O) groups is 2. The first-order chi connectivity index (χ1) is 18.1. The number of unbranched alkanes of at least 4 members (excludes halogenated alkanes) is 1. The van der Waals surface area contributed by atoms with Crippen molar-refractivity contribution >= 4 is 11.8 Å². The summed E-state index contributed by atoms with van der Waals surface area (Å²) in [7, 11) is 2.12. The summed E-state index contributed by atoms with van der Waals surface area (Å²) in [4.78, 5) is 31.9. The second kappa shape index (κ2) is 10.5. The van der Waals surface area contributed by atoms with Crippen LogP contribution in [-0.4, -0.2) is 112 Å². The Balaban J connectivity index is 1.60. The van der Waals surface area contributed by atoms with Crippen molar-refractivity contribution in [1.29, 1.82) is 0 Å². The summed E-state index contributed by atoms with van der Waals surface area (Å²) in [5.41, 5.74) is -7.11. The van der Waals surface area contributed by atoms with Crippen molar-refractivity contribution < 1.29 is 34.4 Å². The number of ketones is 1. The van der Waals surface area contributed by atoms with Crippen LogP contribution in [0.2, 0.25) is 0 Å². The minimum atomic E-state index is -2.20. The van der Waals surface area contributed by atoms with E-state index in [4.69, 9.17) is 9.47 Å². The second-order valence-electron chi connectivity index (χ2n) is 13.8. The summed E-state index contributed by atoms with van der Waals surface area (Å²) in [6, 6.07) is 0. The van der Waals surface area contributed by atoms with Crippen molar-refractivity contribution in [1.82, 2.24) is 9.80 Å². The van der Waals surface area contributed by atoms with E-state index in [1.165, 1.54) is 13.0 Å². The molecule has 0 spiro atoms. The largest absolute Gasteiger partial charge is 0.456 e. The van der Waals surface area contributed by atoms with Gasteiger partial charge in [-0.15, -0.1) is 6.58 Å². The third kappa shape index (κ3) is 4.81. The molecule has 4 fully saturated rings. The topological polar surface area (TPSA) is 120 Å². The lowest BCUT2D eigenvalue weighted by molar-refractivity contribution is -0.370. The summed E-state index contributed by atoms with van der Waals surface area (Å²) < 4.78 is 12.5. The van der Waals surface area contributed by atoms with E-state index in [0.717, 1.165) is 39.1 Å². The van der Waals surface area contributed by atoms with Crippen LogP contribution in [0.15, 0.2) is 12.7 Å². The third-order valence-electron chi connectivity index (χ3n) is 10.7. The molecule has 8 unspecified atom stereocenters. The highest BCUT2D eigenvalue weighted by molar-refractivity contribution is 5.92. The zero-order valence-electron chi connectivity index (χ0n) is 24.7. The number of carbonyl (C=O) groups excluding carboxylic acids is 2. The molecule has 4 rings (SSSR count). The Morgan fingerprint density at radius 2 is 1.77 bits per heavy atom. The number of rotatable bonds is 7. The maximum Gasteiger partial charge on any atom is 0.306 e. The molecule has 0 bridgehead atoms. The average Bonchev–Trinajstić information content (AvgIpc) is 2.86. The number of Topliss-reactive ketones (excluding diaryl/α,β-unsaturated/α-hetero) is 1. The Morgan fingerprint density at radius 3 is 2.38 bits per heavy atom. The van der Waals surface area contributed by atoms with Gasteiger partial charge in [0.1, 0.15) is 5.60 Å². The van der Waals surface area contributed by atoms with Gasteiger partial charge in [0.25, 0.3) is 0 Å². The number of piperazine rings is 1. The first kappa shape index (κ1) is 30.6. The molecule has 2 heterocycles. The number of likely N-dealkylation sites (N-methyl/N-ethyl adjacent to an activating group) is 1. The van der Waals surface area contributed by atoms with Gasteiger partial charge in [0.05, 0.1) is 17.8 Å². The van der Waals surface area contributed by atoms with Crippen LogP contribution in [-0.2, 0) is 19.1 Å². The molecule has 0 aromatic carbocycles. The van der Waals surface area contributed by atoms with Crippen LogP contribution in [0.3, 0.4) is 0 Å². The highest BCUT2D eigenvalue weighted by Gasteiger charge is 2.81. The molecule has 8 atom stereocenters. The first-order valence-electron chi connectivity index (χ1n) is 14.6. The highest BCUT2D eigenvalue weighted by atomic mass is 16.6. The number of esters is 1. The van der Waals surface area contributed by atoms with Crippen molar-refractivity contribution in [2.75, 3.05) is 39.8 Å². The van der Waals surface area contributed by atoms with Crippen molar-refractivity contribution in [3.63, 3.8) is 0 Å². The van der Waals surface area contributed by atoms with Gasteiger partial charge in [-0.3, -0.25) is 9.59 Å². The van der Waals surface area contributed by atoms with E-state index in [2.05, 4.69) is 23.4 Å². The fourth-order valence-corrected chi connectivity index (χ4v) is 8.36. The molecule has 2 saturated heterocycles. The van der Waals surface area contributed by atoms with Gasteiger partial charge in [0.15, 0.2) is 17.5 Å². The molecule has 2 aliphatic heterocycles. The monoisotopic (exact) mass is 550 g/mol. The van der Waals surface area contributed by atoms with Crippen molar-refractivity contribution in [2.45, 2.75) is 108 Å². The number of hydrogen-bond acceptors (Lipinski definition) is 9. The SMILES string of the molecule is C=CC1(C)CC(=O)C2(O)C(C)(O1)C(OC(=O)CCCCN1CCN(C)CC1)C(O)C1C(C)(C)CCC(O)C12C. The molecule has 0 aromatic rings. The Morgan fingerprint density at radius 1 is 1.13 bits per heavy atom. The third-order valence-corrected chi connectivity index (χ3v) is 10.7. The van der Waals surface area contributed by atoms with Crippen LogP contribution in [0.1, 0.15) is 73.1 Å². The van der Waals surface area contributed by atoms with Gasteiger partial charge >= 0.3 is 5.97 Å². The smallest absolute Gasteiger partial charge is 0.306 e. The van der Waals surface area contributed by atoms with E-state index in [1.807, 2.05) is 13.8 Å². The molecular weight excluding hydrogens is 500 g/mol. The Hall–Kier alpha value is -1.36. The normalized spacial score (nSPS) is 44.8. The molecule has 9 nitrogen and oxygen atoms in total. The minimum absolute atomic E-state index is 0.138. The Labute approximate surface area is 233 Å². The predicted octanol–water partition coefficient (Wildman–Crippen LogP) is 1.92. The number of hydrogen-bond donors (Lipinski definition) is 3. The zero-order valence-corrected chi connectivity index (χ0v) is 24.7. The molecule has 0 aromatic heterocycles. The molecule has 4 aliphatic rings. The number of fused-ring (bicyclic) bond motifs is 3. The zero-order chi connectivity index (χ0) is 29.0. The summed E-state index contributed by atoms with van der Waals surface area (Å²) in [5.74, 6) is -1.72. The van der Waals surface area contributed by atoms with Gasteiger partial charge in [-0.05, 0) is 58.5 Å². The van der Waals surface area contributed by atoms with E-state index >= 15 is 0 Å². The molecular formula is C30H50N2O7. The minimum Gasteiger partial charge on any atom is -0.456 e. The average molecular weight is 551 g/mol. The van der Waals surface area contributed by atoms with Gasteiger partial charge in [0, 0.05) is 50.4 Å². The fourth-order valence-electron chi connectivity index (χ4n) is 8.36. The maximum absolute atomic E-state index is 13.9. The summed E-state index contributed by atoms with van der Waals surface area (Å²) in [6.45, 7) is 17.7. The van der Waals surface area contributed by atoms with Gasteiger partial charge in [-0.2, -0.15) is 0 Å². The van der Waals surface area contributed by atoms with E-state index < -0.39 is 63.6 Å².